The fourth-order valence-corrected chi connectivity index (χ4v) is 1.99. The lowest BCUT2D eigenvalue weighted by Gasteiger charge is -2.26. The SMILES string of the molecule is CN/C(O)=C1/C(=O)NC(=O)NC1c1cccc([N+](=O)[O-])c1. The topological polar surface area (TPSA) is 134 Å². The van der Waals surface area contributed by atoms with Crippen LogP contribution in [0.3, 0.4) is 0 Å². The molecule has 1 atom stereocenters. The highest BCUT2D eigenvalue weighted by molar-refractivity contribution is 6.08. The zero-order valence-electron chi connectivity index (χ0n) is 10.9. The van der Waals surface area contributed by atoms with Gasteiger partial charge in [-0.1, -0.05) is 12.1 Å². The van der Waals surface area contributed by atoms with Crippen LogP contribution in [0.2, 0.25) is 0 Å². The van der Waals surface area contributed by atoms with Gasteiger partial charge >= 0.3 is 6.03 Å². The first-order valence-corrected chi connectivity index (χ1v) is 5.91. The van der Waals surface area contributed by atoms with Crippen LogP contribution in [-0.2, 0) is 4.79 Å². The van der Waals surface area contributed by atoms with E-state index in [4.69, 9.17) is 0 Å². The second-order valence-electron chi connectivity index (χ2n) is 4.22. The summed E-state index contributed by atoms with van der Waals surface area (Å²) in [6.07, 6.45) is 0. The lowest BCUT2D eigenvalue weighted by Crippen LogP contribution is -2.50. The van der Waals surface area contributed by atoms with Crippen LogP contribution in [0.25, 0.3) is 0 Å². The molecule has 1 heterocycles. The van der Waals surface area contributed by atoms with E-state index in [0.717, 1.165) is 0 Å². The number of nitrogens with one attached hydrogen (secondary N) is 3. The zero-order chi connectivity index (χ0) is 15.6. The van der Waals surface area contributed by atoms with Crippen molar-refractivity contribution in [1.29, 1.82) is 0 Å². The molecule has 1 aromatic rings. The molecule has 4 N–H and O–H groups in total. The first kappa shape index (κ1) is 14.3. The third kappa shape index (κ3) is 2.76. The second-order valence-corrected chi connectivity index (χ2v) is 4.22. The highest BCUT2D eigenvalue weighted by Gasteiger charge is 2.34. The van der Waals surface area contributed by atoms with E-state index < -0.39 is 28.8 Å². The minimum absolute atomic E-state index is 0.127. The van der Waals surface area contributed by atoms with Crippen molar-refractivity contribution in [3.05, 3.63) is 51.4 Å². The summed E-state index contributed by atoms with van der Waals surface area (Å²) in [5, 5.41) is 27.4. The van der Waals surface area contributed by atoms with Crippen LogP contribution in [-0.4, -0.2) is 29.0 Å². The van der Waals surface area contributed by atoms with E-state index in [2.05, 4.69) is 10.6 Å². The van der Waals surface area contributed by atoms with Crippen LogP contribution in [0.4, 0.5) is 10.5 Å². The molecule has 21 heavy (non-hydrogen) atoms. The quantitative estimate of drug-likeness (QED) is 0.277. The highest BCUT2D eigenvalue weighted by Crippen LogP contribution is 2.28. The number of rotatable bonds is 3. The maximum Gasteiger partial charge on any atom is 0.322 e. The molecule has 0 aromatic heterocycles. The predicted octanol–water partition coefficient (Wildman–Crippen LogP) is 0.464. The number of hydrogen-bond acceptors (Lipinski definition) is 6. The van der Waals surface area contributed by atoms with Gasteiger partial charge in [-0.2, -0.15) is 0 Å². The molecular formula is C12H12N4O5. The Labute approximate surface area is 118 Å². The van der Waals surface area contributed by atoms with Crippen LogP contribution in [0.1, 0.15) is 11.6 Å². The summed E-state index contributed by atoms with van der Waals surface area (Å²) in [7, 11) is 1.40. The fourth-order valence-electron chi connectivity index (χ4n) is 1.99. The largest absolute Gasteiger partial charge is 0.494 e. The van der Waals surface area contributed by atoms with Crippen LogP contribution < -0.4 is 16.0 Å². The van der Waals surface area contributed by atoms with Crippen LogP contribution >= 0.6 is 0 Å². The van der Waals surface area contributed by atoms with Gasteiger partial charge in [0, 0.05) is 19.2 Å². The summed E-state index contributed by atoms with van der Waals surface area (Å²) in [6.45, 7) is 0. The van der Waals surface area contributed by atoms with Crippen molar-refractivity contribution in [1.82, 2.24) is 16.0 Å². The van der Waals surface area contributed by atoms with E-state index in [1.54, 1.807) is 0 Å². The van der Waals surface area contributed by atoms with Crippen LogP contribution in [0.5, 0.6) is 0 Å². The molecule has 9 nitrogen and oxygen atoms in total. The van der Waals surface area contributed by atoms with Crippen LogP contribution in [0, 0.1) is 10.1 Å². The number of hydrogen-bond donors (Lipinski definition) is 4. The number of carbonyl (C=O) groups is 2. The van der Waals surface area contributed by atoms with Crippen molar-refractivity contribution in [3.63, 3.8) is 0 Å². The van der Waals surface area contributed by atoms with Crippen molar-refractivity contribution in [2.45, 2.75) is 6.04 Å². The third-order valence-corrected chi connectivity index (χ3v) is 2.94. The first-order chi connectivity index (χ1) is 9.93. The van der Waals surface area contributed by atoms with Gasteiger partial charge in [0.05, 0.1) is 11.0 Å². The Balaban J connectivity index is 2.52. The number of nitrogens with zero attached hydrogens (tertiary/aromatic N) is 1. The Morgan fingerprint density at radius 3 is 2.76 bits per heavy atom. The van der Waals surface area contributed by atoms with E-state index in [-0.39, 0.29) is 11.3 Å². The first-order valence-electron chi connectivity index (χ1n) is 5.91. The third-order valence-electron chi connectivity index (χ3n) is 2.94. The van der Waals surface area contributed by atoms with E-state index in [1.165, 1.54) is 31.3 Å². The molecule has 2 rings (SSSR count). The molecule has 3 amide bonds. The lowest BCUT2D eigenvalue weighted by atomic mass is 9.96. The maximum atomic E-state index is 11.8. The number of aliphatic hydroxyl groups excluding tert-OH is 1. The smallest absolute Gasteiger partial charge is 0.322 e. The molecule has 0 saturated carbocycles. The van der Waals surface area contributed by atoms with Gasteiger partial charge in [-0.15, -0.1) is 0 Å². The molecule has 1 aliphatic heterocycles. The number of benzene rings is 1. The molecule has 110 valence electrons. The molecule has 1 saturated heterocycles. The molecule has 0 bridgehead atoms. The molecule has 0 radical (unpaired) electrons. The summed E-state index contributed by atoms with van der Waals surface area (Å²) in [4.78, 5) is 33.5. The van der Waals surface area contributed by atoms with E-state index in [9.17, 15) is 24.8 Å². The molecule has 0 aliphatic carbocycles. The number of urea groups is 1. The predicted molar refractivity (Wildman–Crippen MR) is 71.2 cm³/mol. The summed E-state index contributed by atoms with van der Waals surface area (Å²) < 4.78 is 0. The van der Waals surface area contributed by atoms with Crippen molar-refractivity contribution in [3.8, 4) is 0 Å². The number of imide groups is 1. The fraction of sp³-hybridized carbons (Fsp3) is 0.167. The maximum absolute atomic E-state index is 11.8. The average Bonchev–Trinajstić information content (AvgIpc) is 2.45. The number of nitro groups is 1. The monoisotopic (exact) mass is 292 g/mol. The summed E-state index contributed by atoms with van der Waals surface area (Å²) in [5.41, 5.74) is -0.00201. The number of carbonyl (C=O) groups excluding carboxylic acids is 2. The Morgan fingerprint density at radius 1 is 1.43 bits per heavy atom. The average molecular weight is 292 g/mol. The van der Waals surface area contributed by atoms with Gasteiger partial charge in [0.1, 0.15) is 5.57 Å². The van der Waals surface area contributed by atoms with Crippen LogP contribution in [0.15, 0.2) is 35.7 Å². The number of non-ortho nitro benzene ring substituents is 1. The van der Waals surface area contributed by atoms with Crippen molar-refractivity contribution in [2.24, 2.45) is 0 Å². The van der Waals surface area contributed by atoms with Gasteiger partial charge in [-0.3, -0.25) is 20.2 Å². The van der Waals surface area contributed by atoms with E-state index in [1.807, 2.05) is 5.32 Å². The summed E-state index contributed by atoms with van der Waals surface area (Å²) in [5.74, 6) is -1.20. The Bertz CT molecular complexity index is 655. The van der Waals surface area contributed by atoms with E-state index >= 15 is 0 Å². The van der Waals surface area contributed by atoms with Gasteiger partial charge in [0.25, 0.3) is 11.6 Å². The Kier molecular flexibility index (Phi) is 3.74. The molecular weight excluding hydrogens is 280 g/mol. The van der Waals surface area contributed by atoms with Gasteiger partial charge < -0.3 is 15.7 Å². The molecule has 1 aliphatic rings. The minimum Gasteiger partial charge on any atom is -0.494 e. The lowest BCUT2D eigenvalue weighted by molar-refractivity contribution is -0.384. The summed E-state index contributed by atoms with van der Waals surface area (Å²) >= 11 is 0. The van der Waals surface area contributed by atoms with Gasteiger partial charge in [0.2, 0.25) is 0 Å². The van der Waals surface area contributed by atoms with Gasteiger partial charge in [-0.25, -0.2) is 4.79 Å². The summed E-state index contributed by atoms with van der Waals surface area (Å²) in [6, 6.07) is 3.73. The molecule has 1 fully saturated rings. The van der Waals surface area contributed by atoms with Crippen molar-refractivity contribution >= 4 is 17.6 Å². The van der Waals surface area contributed by atoms with Gasteiger partial charge in [0.15, 0.2) is 5.88 Å². The minimum atomic E-state index is -0.987. The number of aliphatic hydroxyl groups is 1. The molecule has 0 spiro atoms. The van der Waals surface area contributed by atoms with Crippen molar-refractivity contribution in [2.75, 3.05) is 7.05 Å². The zero-order valence-corrected chi connectivity index (χ0v) is 10.9. The second kappa shape index (κ2) is 5.49. The van der Waals surface area contributed by atoms with Gasteiger partial charge in [-0.05, 0) is 5.56 Å². The number of nitro benzene ring substituents is 1. The highest BCUT2D eigenvalue weighted by atomic mass is 16.6. The molecule has 9 heteroatoms. The Morgan fingerprint density at radius 2 is 2.14 bits per heavy atom. The Hall–Kier alpha value is -3.10. The normalized spacial score (nSPS) is 20.3. The van der Waals surface area contributed by atoms with E-state index in [0.29, 0.717) is 5.56 Å². The number of amides is 3. The standard InChI is InChI=1S/C12H12N4O5/c1-13-10(17)8-9(14-12(19)15-11(8)18)6-3-2-4-7(5-6)16(20)21/h2-5,9,13,17H,1H3,(H2,14,15,18,19)/b10-8-. The van der Waals surface area contributed by atoms with Crippen molar-refractivity contribution < 1.29 is 19.6 Å². The molecule has 1 unspecified atom stereocenters. The molecule has 1 aromatic carbocycles.